The van der Waals surface area contributed by atoms with Crippen molar-refractivity contribution >= 4 is 15.4 Å². The minimum atomic E-state index is -3.14. The highest BCUT2D eigenvalue weighted by atomic mass is 32.2. The smallest absolute Gasteiger partial charge is 0.176 e. The minimum absolute atomic E-state index is 0.350. The van der Waals surface area contributed by atoms with E-state index in [1.54, 1.807) is 31.2 Å². The molecule has 1 aromatic carbocycles. The van der Waals surface area contributed by atoms with Crippen molar-refractivity contribution in [3.63, 3.8) is 0 Å². The Kier molecular flexibility index (Phi) is 2.57. The molecule has 0 aliphatic rings. The Hall–Kier alpha value is -1.09. The first-order valence-corrected chi connectivity index (χ1v) is 5.77. The molecule has 0 atom stereocenters. The van der Waals surface area contributed by atoms with Crippen molar-refractivity contribution in [2.45, 2.75) is 11.8 Å². The quantitative estimate of drug-likeness (QED) is 0.726. The van der Waals surface area contributed by atoms with Crippen LogP contribution < -0.4 is 0 Å². The third kappa shape index (κ3) is 2.18. The molecule has 0 heterocycles. The van der Waals surface area contributed by atoms with Gasteiger partial charge in [-0.05, 0) is 24.1 Å². The van der Waals surface area contributed by atoms with Crippen LogP contribution in [0.15, 0.2) is 35.7 Å². The van der Waals surface area contributed by atoms with Gasteiger partial charge < -0.3 is 0 Å². The van der Waals surface area contributed by atoms with Crippen molar-refractivity contribution in [1.29, 1.82) is 0 Å². The maximum atomic E-state index is 11.3. The molecule has 3 heteroatoms. The molecule has 1 rings (SSSR count). The maximum Gasteiger partial charge on any atom is 0.176 e. The van der Waals surface area contributed by atoms with E-state index in [0.717, 1.165) is 5.57 Å². The predicted octanol–water partition coefficient (Wildman–Crippen LogP) is 2.12. The van der Waals surface area contributed by atoms with Crippen LogP contribution in [0.3, 0.4) is 0 Å². The molecule has 0 aliphatic carbocycles. The summed E-state index contributed by atoms with van der Waals surface area (Å²) in [4.78, 5) is 0.350. The summed E-state index contributed by atoms with van der Waals surface area (Å²) in [5.74, 6) is 0. The van der Waals surface area contributed by atoms with E-state index in [9.17, 15) is 8.42 Å². The Morgan fingerprint density at radius 1 is 1.31 bits per heavy atom. The lowest BCUT2D eigenvalue weighted by atomic mass is 10.1. The number of sulfone groups is 1. The van der Waals surface area contributed by atoms with E-state index in [0.29, 0.717) is 10.5 Å². The number of benzene rings is 1. The number of hydrogen-bond donors (Lipinski definition) is 0. The molecule has 2 nitrogen and oxygen atoms in total. The molecule has 13 heavy (non-hydrogen) atoms. The van der Waals surface area contributed by atoms with Gasteiger partial charge in [-0.3, -0.25) is 0 Å². The Morgan fingerprint density at radius 2 is 1.85 bits per heavy atom. The van der Waals surface area contributed by atoms with E-state index in [2.05, 4.69) is 6.58 Å². The van der Waals surface area contributed by atoms with E-state index in [4.69, 9.17) is 0 Å². The van der Waals surface area contributed by atoms with Gasteiger partial charge in [-0.2, -0.15) is 0 Å². The molecule has 0 spiro atoms. The van der Waals surface area contributed by atoms with Gasteiger partial charge in [0.25, 0.3) is 0 Å². The maximum absolute atomic E-state index is 11.3. The van der Waals surface area contributed by atoms with Crippen LogP contribution in [0.5, 0.6) is 0 Å². The van der Waals surface area contributed by atoms with Crippen LogP contribution in [0.1, 0.15) is 12.5 Å². The van der Waals surface area contributed by atoms with E-state index in [1.807, 2.05) is 0 Å². The predicted molar refractivity (Wildman–Crippen MR) is 54.3 cm³/mol. The van der Waals surface area contributed by atoms with Crippen molar-refractivity contribution < 1.29 is 8.42 Å². The molecule has 70 valence electrons. The first-order chi connectivity index (χ1) is 5.93. The fraction of sp³-hybridized carbons (Fsp3) is 0.200. The molecule has 0 saturated heterocycles. The normalized spacial score (nSPS) is 11.2. The SMILES string of the molecule is C=C(C)c1ccccc1S(C)(=O)=O. The highest BCUT2D eigenvalue weighted by Gasteiger charge is 2.11. The lowest BCUT2D eigenvalue weighted by Gasteiger charge is -2.05. The van der Waals surface area contributed by atoms with E-state index in [1.165, 1.54) is 6.26 Å². The van der Waals surface area contributed by atoms with Crippen LogP contribution in [0.4, 0.5) is 0 Å². The number of rotatable bonds is 2. The first-order valence-electron chi connectivity index (χ1n) is 3.88. The van der Waals surface area contributed by atoms with Gasteiger partial charge in [0.05, 0.1) is 4.90 Å². The van der Waals surface area contributed by atoms with Gasteiger partial charge in [0.1, 0.15) is 0 Å². The molecular formula is C10H12O2S. The standard InChI is InChI=1S/C10H12O2S/c1-8(2)9-6-4-5-7-10(9)13(3,11)12/h4-7H,1H2,2-3H3. The lowest BCUT2D eigenvalue weighted by molar-refractivity contribution is 0.601. The summed E-state index contributed by atoms with van der Waals surface area (Å²) in [5, 5.41) is 0. The third-order valence-corrected chi connectivity index (χ3v) is 2.90. The summed E-state index contributed by atoms with van der Waals surface area (Å²) < 4.78 is 22.6. The van der Waals surface area contributed by atoms with Gasteiger partial charge in [0, 0.05) is 6.26 Å². The second kappa shape index (κ2) is 3.34. The fourth-order valence-electron chi connectivity index (χ4n) is 1.14. The second-order valence-electron chi connectivity index (χ2n) is 3.05. The zero-order chi connectivity index (χ0) is 10.1. The molecule has 0 N–H and O–H groups in total. The van der Waals surface area contributed by atoms with Gasteiger partial charge in [-0.1, -0.05) is 24.8 Å². The topological polar surface area (TPSA) is 34.1 Å². The molecular weight excluding hydrogens is 184 g/mol. The summed E-state index contributed by atoms with van der Waals surface area (Å²) in [6.45, 7) is 5.53. The average molecular weight is 196 g/mol. The lowest BCUT2D eigenvalue weighted by Crippen LogP contribution is -2.00. The van der Waals surface area contributed by atoms with Crippen LogP contribution in [0.25, 0.3) is 5.57 Å². The fourth-order valence-corrected chi connectivity index (χ4v) is 2.11. The minimum Gasteiger partial charge on any atom is -0.224 e. The zero-order valence-electron chi connectivity index (χ0n) is 7.74. The van der Waals surface area contributed by atoms with Gasteiger partial charge in [-0.25, -0.2) is 8.42 Å². The van der Waals surface area contributed by atoms with Gasteiger partial charge in [-0.15, -0.1) is 0 Å². The average Bonchev–Trinajstić information content (AvgIpc) is 2.03. The number of allylic oxidation sites excluding steroid dienone is 1. The number of hydrogen-bond acceptors (Lipinski definition) is 2. The van der Waals surface area contributed by atoms with Crippen molar-refractivity contribution in [3.05, 3.63) is 36.4 Å². The summed E-state index contributed by atoms with van der Waals surface area (Å²) in [7, 11) is -3.14. The molecule has 0 amide bonds. The Balaban J connectivity index is 3.46. The Morgan fingerprint density at radius 3 is 2.23 bits per heavy atom. The first kappa shape index (κ1) is 9.99. The van der Waals surface area contributed by atoms with Gasteiger partial charge in [0.2, 0.25) is 0 Å². The van der Waals surface area contributed by atoms with Gasteiger partial charge in [0.15, 0.2) is 9.84 Å². The van der Waals surface area contributed by atoms with Crippen LogP contribution in [0, 0.1) is 0 Å². The monoisotopic (exact) mass is 196 g/mol. The highest BCUT2D eigenvalue weighted by Crippen LogP contribution is 2.21. The van der Waals surface area contributed by atoms with Crippen LogP contribution in [-0.4, -0.2) is 14.7 Å². The van der Waals surface area contributed by atoms with Crippen LogP contribution in [-0.2, 0) is 9.84 Å². The van der Waals surface area contributed by atoms with Crippen molar-refractivity contribution in [2.75, 3.05) is 6.26 Å². The van der Waals surface area contributed by atoms with E-state index < -0.39 is 9.84 Å². The highest BCUT2D eigenvalue weighted by molar-refractivity contribution is 7.90. The second-order valence-corrected chi connectivity index (χ2v) is 5.03. The molecule has 0 aliphatic heterocycles. The summed E-state index contributed by atoms with van der Waals surface area (Å²) >= 11 is 0. The Bertz CT molecular complexity index is 430. The summed E-state index contributed by atoms with van der Waals surface area (Å²) in [6, 6.07) is 6.87. The molecule has 0 saturated carbocycles. The molecule has 0 unspecified atom stereocenters. The zero-order valence-corrected chi connectivity index (χ0v) is 8.56. The van der Waals surface area contributed by atoms with Crippen LogP contribution >= 0.6 is 0 Å². The van der Waals surface area contributed by atoms with E-state index >= 15 is 0 Å². The van der Waals surface area contributed by atoms with Crippen molar-refractivity contribution in [1.82, 2.24) is 0 Å². The van der Waals surface area contributed by atoms with Gasteiger partial charge >= 0.3 is 0 Å². The molecule has 0 fully saturated rings. The van der Waals surface area contributed by atoms with Crippen molar-refractivity contribution in [2.24, 2.45) is 0 Å². The molecule has 1 aromatic rings. The van der Waals surface area contributed by atoms with Crippen molar-refractivity contribution in [3.8, 4) is 0 Å². The van der Waals surface area contributed by atoms with E-state index in [-0.39, 0.29) is 0 Å². The van der Waals surface area contributed by atoms with Crippen LogP contribution in [0.2, 0.25) is 0 Å². The largest absolute Gasteiger partial charge is 0.224 e. The molecule has 0 radical (unpaired) electrons. The third-order valence-electron chi connectivity index (χ3n) is 1.75. The Labute approximate surface area is 78.8 Å². The molecule has 0 bridgehead atoms. The summed E-state index contributed by atoms with van der Waals surface area (Å²) in [5.41, 5.74) is 1.46. The molecule has 0 aromatic heterocycles. The summed E-state index contributed by atoms with van der Waals surface area (Å²) in [6.07, 6.45) is 1.20.